The molecule has 1 saturated carbocycles. The number of halogens is 4. The van der Waals surface area contributed by atoms with Crippen LogP contribution in [0.3, 0.4) is 0 Å². The number of hydrogen-bond donors (Lipinski definition) is 1. The van der Waals surface area contributed by atoms with E-state index in [1.807, 2.05) is 14.1 Å². The zero-order valence-corrected chi connectivity index (χ0v) is 20.6. The molecule has 4 rings (SSSR count). The fraction of sp³-hybridized carbons (Fsp3) is 0.625. The molecule has 198 valence electrons. The van der Waals surface area contributed by atoms with Crippen LogP contribution in [0.1, 0.15) is 61.6 Å². The molecule has 1 aliphatic heterocycles. The SMILES string of the molecule is C[C@H](Oc1cc(-n2nc3n(c2=O)CCCC3)c(F)cc1C(=O)NC1CCC(N(C)C)CC1)C(F)(F)F. The van der Waals surface area contributed by atoms with Gasteiger partial charge < -0.3 is 15.0 Å². The molecule has 8 nitrogen and oxygen atoms in total. The lowest BCUT2D eigenvalue weighted by Crippen LogP contribution is -2.42. The van der Waals surface area contributed by atoms with Crippen LogP contribution in [0, 0.1) is 5.82 Å². The normalized spacial score (nSPS) is 21.2. The molecule has 12 heteroatoms. The van der Waals surface area contributed by atoms with Gasteiger partial charge in [-0.1, -0.05) is 0 Å². The molecule has 2 aromatic rings. The van der Waals surface area contributed by atoms with Gasteiger partial charge in [-0.3, -0.25) is 9.36 Å². The summed E-state index contributed by atoms with van der Waals surface area (Å²) >= 11 is 0. The lowest BCUT2D eigenvalue weighted by molar-refractivity contribution is -0.189. The average Bonchev–Trinajstić information content (AvgIpc) is 3.16. The second kappa shape index (κ2) is 10.2. The molecule has 1 fully saturated rings. The number of carbonyl (C=O) groups is 1. The summed E-state index contributed by atoms with van der Waals surface area (Å²) in [6.45, 7) is 1.23. The van der Waals surface area contributed by atoms with E-state index in [1.165, 1.54) is 4.57 Å². The van der Waals surface area contributed by atoms with Gasteiger partial charge in [-0.2, -0.15) is 17.9 Å². The molecular weight excluding hydrogens is 482 g/mol. The fourth-order valence-electron chi connectivity index (χ4n) is 4.79. The third-order valence-electron chi connectivity index (χ3n) is 7.02. The van der Waals surface area contributed by atoms with Crippen molar-refractivity contribution in [2.45, 2.75) is 82.8 Å². The smallest absolute Gasteiger partial charge is 0.425 e. The summed E-state index contributed by atoms with van der Waals surface area (Å²) in [7, 11) is 3.97. The Hall–Kier alpha value is -2.89. The molecule has 1 aliphatic carbocycles. The highest BCUT2D eigenvalue weighted by molar-refractivity contribution is 5.97. The van der Waals surface area contributed by atoms with Crippen molar-refractivity contribution in [3.63, 3.8) is 0 Å². The Morgan fingerprint density at radius 1 is 1.19 bits per heavy atom. The molecule has 1 aromatic carbocycles. The maximum absolute atomic E-state index is 15.2. The van der Waals surface area contributed by atoms with Crippen molar-refractivity contribution >= 4 is 5.91 Å². The number of aromatic nitrogens is 3. The number of nitrogens with one attached hydrogen (secondary N) is 1. The number of rotatable bonds is 6. The van der Waals surface area contributed by atoms with E-state index in [1.54, 1.807) is 0 Å². The number of benzene rings is 1. The number of hydrogen-bond acceptors (Lipinski definition) is 5. The predicted molar refractivity (Wildman–Crippen MR) is 124 cm³/mol. The Morgan fingerprint density at radius 2 is 1.89 bits per heavy atom. The van der Waals surface area contributed by atoms with E-state index < -0.39 is 35.4 Å². The summed E-state index contributed by atoms with van der Waals surface area (Å²) < 4.78 is 62.5. The number of ether oxygens (including phenoxy) is 1. The summed E-state index contributed by atoms with van der Waals surface area (Å²) in [4.78, 5) is 28.0. The highest BCUT2D eigenvalue weighted by atomic mass is 19.4. The first-order valence-electron chi connectivity index (χ1n) is 12.2. The summed E-state index contributed by atoms with van der Waals surface area (Å²) in [5.41, 5.74) is -1.32. The van der Waals surface area contributed by atoms with Crippen LogP contribution in [0.2, 0.25) is 0 Å². The van der Waals surface area contributed by atoms with E-state index in [-0.39, 0.29) is 17.3 Å². The Balaban J connectivity index is 1.66. The van der Waals surface area contributed by atoms with E-state index >= 15 is 4.39 Å². The van der Waals surface area contributed by atoms with Gasteiger partial charge in [0.1, 0.15) is 23.1 Å². The van der Waals surface area contributed by atoms with Gasteiger partial charge in [-0.15, -0.1) is 5.10 Å². The van der Waals surface area contributed by atoms with Gasteiger partial charge in [0.05, 0.1) is 5.56 Å². The Bertz CT molecular complexity index is 1170. The van der Waals surface area contributed by atoms with Crippen LogP contribution in [0.5, 0.6) is 5.75 Å². The van der Waals surface area contributed by atoms with Gasteiger partial charge in [0.15, 0.2) is 6.10 Å². The summed E-state index contributed by atoms with van der Waals surface area (Å²) in [5.74, 6) is -1.67. The minimum atomic E-state index is -4.71. The molecule has 36 heavy (non-hydrogen) atoms. The molecule has 0 saturated heterocycles. The van der Waals surface area contributed by atoms with Crippen molar-refractivity contribution < 1.29 is 27.1 Å². The number of amides is 1. The summed E-state index contributed by atoms with van der Waals surface area (Å²) in [6.07, 6.45) is -1.74. The third kappa shape index (κ3) is 5.42. The van der Waals surface area contributed by atoms with E-state index in [2.05, 4.69) is 15.3 Å². The maximum Gasteiger partial charge on any atom is 0.425 e. The van der Waals surface area contributed by atoms with E-state index in [9.17, 15) is 22.8 Å². The quantitative estimate of drug-likeness (QED) is 0.599. The minimum Gasteiger partial charge on any atom is -0.480 e. The van der Waals surface area contributed by atoms with Crippen molar-refractivity contribution in [2.75, 3.05) is 14.1 Å². The number of alkyl halides is 3. The molecule has 0 unspecified atom stereocenters. The molecule has 1 aromatic heterocycles. The first kappa shape index (κ1) is 26.2. The van der Waals surface area contributed by atoms with Crippen LogP contribution >= 0.6 is 0 Å². The van der Waals surface area contributed by atoms with Crippen molar-refractivity contribution in [1.29, 1.82) is 0 Å². The molecule has 2 aliphatic rings. The van der Waals surface area contributed by atoms with Gasteiger partial charge in [0.2, 0.25) is 0 Å². The number of nitrogens with zero attached hydrogens (tertiary/aromatic N) is 4. The van der Waals surface area contributed by atoms with Crippen molar-refractivity contribution in [3.05, 3.63) is 39.8 Å². The van der Waals surface area contributed by atoms with Crippen molar-refractivity contribution in [2.24, 2.45) is 0 Å². The van der Waals surface area contributed by atoms with E-state index in [4.69, 9.17) is 4.74 Å². The van der Waals surface area contributed by atoms with Crippen LogP contribution in [0.15, 0.2) is 16.9 Å². The van der Waals surface area contributed by atoms with Crippen LogP contribution in [0.4, 0.5) is 17.6 Å². The zero-order chi connectivity index (χ0) is 26.2. The summed E-state index contributed by atoms with van der Waals surface area (Å²) in [5, 5.41) is 7.00. The minimum absolute atomic E-state index is 0.188. The summed E-state index contributed by atoms with van der Waals surface area (Å²) in [6, 6.07) is 1.97. The van der Waals surface area contributed by atoms with Crippen molar-refractivity contribution in [1.82, 2.24) is 24.6 Å². The van der Waals surface area contributed by atoms with Crippen LogP contribution < -0.4 is 15.7 Å². The van der Waals surface area contributed by atoms with Gasteiger partial charge in [-0.05, 0) is 65.6 Å². The van der Waals surface area contributed by atoms with Gasteiger partial charge in [-0.25, -0.2) is 9.18 Å². The molecule has 1 amide bonds. The second-order valence-corrected chi connectivity index (χ2v) is 9.76. The second-order valence-electron chi connectivity index (χ2n) is 9.76. The first-order chi connectivity index (χ1) is 17.0. The van der Waals surface area contributed by atoms with Crippen LogP contribution in [-0.4, -0.2) is 63.6 Å². The van der Waals surface area contributed by atoms with Crippen molar-refractivity contribution in [3.8, 4) is 11.4 Å². The molecule has 1 N–H and O–H groups in total. The third-order valence-corrected chi connectivity index (χ3v) is 7.02. The Morgan fingerprint density at radius 3 is 2.50 bits per heavy atom. The monoisotopic (exact) mass is 513 g/mol. The van der Waals surface area contributed by atoms with Crippen LogP contribution in [-0.2, 0) is 13.0 Å². The highest BCUT2D eigenvalue weighted by Crippen LogP contribution is 2.31. The molecule has 1 atom stereocenters. The molecular formula is C24H31F4N5O3. The molecule has 0 spiro atoms. The standard InChI is InChI=1S/C24H31F4N5O3/c1-14(24(26,27)28)36-20-13-19(33-23(35)32-11-5-4-6-21(32)30-33)18(25)12-17(20)22(34)29-15-7-9-16(10-8-15)31(2)3/h12-16H,4-11H2,1-3H3,(H,29,34)/t14-,15?,16?/m0/s1. The van der Waals surface area contributed by atoms with Crippen LogP contribution in [0.25, 0.3) is 5.69 Å². The molecule has 0 bridgehead atoms. The van der Waals surface area contributed by atoms with E-state index in [0.29, 0.717) is 37.7 Å². The van der Waals surface area contributed by atoms with E-state index in [0.717, 1.165) is 49.4 Å². The van der Waals surface area contributed by atoms with Gasteiger partial charge in [0.25, 0.3) is 5.91 Å². The van der Waals surface area contributed by atoms with Gasteiger partial charge in [0, 0.05) is 31.1 Å². The lowest BCUT2D eigenvalue weighted by atomic mass is 9.90. The number of carbonyl (C=O) groups excluding carboxylic acids is 1. The maximum atomic E-state index is 15.2. The average molecular weight is 514 g/mol. The number of fused-ring (bicyclic) bond motifs is 1. The zero-order valence-electron chi connectivity index (χ0n) is 20.6. The molecule has 0 radical (unpaired) electrons. The topological polar surface area (TPSA) is 81.4 Å². The number of aryl methyl sites for hydroxylation is 1. The first-order valence-corrected chi connectivity index (χ1v) is 12.2. The lowest BCUT2D eigenvalue weighted by Gasteiger charge is -2.33. The Labute approximate surface area is 206 Å². The fourth-order valence-corrected chi connectivity index (χ4v) is 4.79. The molecule has 2 heterocycles. The Kier molecular flexibility index (Phi) is 7.44. The highest BCUT2D eigenvalue weighted by Gasteiger charge is 2.39. The largest absolute Gasteiger partial charge is 0.480 e. The van der Waals surface area contributed by atoms with Gasteiger partial charge >= 0.3 is 11.9 Å². The predicted octanol–water partition coefficient (Wildman–Crippen LogP) is 3.44.